The molecule has 158 valence electrons. The number of hydrogen-bond donors (Lipinski definition) is 4. The molecule has 0 heterocycles. The second-order valence-corrected chi connectivity index (χ2v) is 8.23. The van der Waals surface area contributed by atoms with E-state index in [0.29, 0.717) is 6.42 Å². The second-order valence-electron chi connectivity index (χ2n) is 8.23. The fourth-order valence-electron chi connectivity index (χ4n) is 3.48. The summed E-state index contributed by atoms with van der Waals surface area (Å²) in [7, 11) is 0. The van der Waals surface area contributed by atoms with Crippen molar-refractivity contribution >= 4 is 6.09 Å². The Balaban J connectivity index is 2.09. The molecule has 0 saturated heterocycles. The normalized spacial score (nSPS) is 14.8. The highest BCUT2D eigenvalue weighted by Crippen LogP contribution is 2.23. The maximum atomic E-state index is 12.0. The van der Waals surface area contributed by atoms with E-state index in [1.54, 1.807) is 0 Å². The van der Waals surface area contributed by atoms with Gasteiger partial charge in [0.05, 0.1) is 18.2 Å². The number of hydrogen-bond acceptors (Lipinski definition) is 4. The van der Waals surface area contributed by atoms with E-state index < -0.39 is 29.9 Å². The van der Waals surface area contributed by atoms with E-state index >= 15 is 0 Å². The molecule has 1 amide bonds. The highest BCUT2D eigenvalue weighted by atomic mass is 16.4. The smallest absolute Gasteiger partial charge is 0.408 e. The van der Waals surface area contributed by atoms with E-state index in [1.165, 1.54) is 4.90 Å². The number of aliphatic hydroxyl groups is 2. The minimum atomic E-state index is -1.07. The molecule has 6 nitrogen and oxygen atoms in total. The van der Waals surface area contributed by atoms with Gasteiger partial charge in [-0.25, -0.2) is 4.79 Å². The summed E-state index contributed by atoms with van der Waals surface area (Å²) in [6.45, 7) is 5.89. The predicted octanol–water partition coefficient (Wildman–Crippen LogP) is 3.06. The van der Waals surface area contributed by atoms with Crippen molar-refractivity contribution in [2.45, 2.75) is 51.0 Å². The lowest BCUT2D eigenvalue weighted by molar-refractivity contribution is 0.00676. The first-order valence-corrected chi connectivity index (χ1v) is 9.88. The summed E-state index contributed by atoms with van der Waals surface area (Å²) in [5, 5.41) is 34.1. The van der Waals surface area contributed by atoms with Crippen molar-refractivity contribution in [2.24, 2.45) is 0 Å². The summed E-state index contributed by atoms with van der Waals surface area (Å²) >= 11 is 0. The van der Waals surface area contributed by atoms with E-state index in [-0.39, 0.29) is 13.1 Å². The Morgan fingerprint density at radius 2 is 1.52 bits per heavy atom. The van der Waals surface area contributed by atoms with Gasteiger partial charge in [-0.05, 0) is 38.3 Å². The number of aliphatic hydroxyl groups excluding tert-OH is 2. The summed E-state index contributed by atoms with van der Waals surface area (Å²) in [5.41, 5.74) is 1.07. The molecular weight excluding hydrogens is 368 g/mol. The fourth-order valence-corrected chi connectivity index (χ4v) is 3.48. The minimum Gasteiger partial charge on any atom is -0.465 e. The number of nitrogens with one attached hydrogen (secondary N) is 1. The van der Waals surface area contributed by atoms with Crippen molar-refractivity contribution in [3.63, 3.8) is 0 Å². The monoisotopic (exact) mass is 400 g/mol. The second kappa shape index (κ2) is 10.4. The summed E-state index contributed by atoms with van der Waals surface area (Å²) in [6.07, 6.45) is -2.31. The predicted molar refractivity (Wildman–Crippen MR) is 114 cm³/mol. The van der Waals surface area contributed by atoms with Gasteiger partial charge in [0.25, 0.3) is 0 Å². The lowest BCUT2D eigenvalue weighted by Crippen LogP contribution is -2.58. The molecule has 0 aliphatic rings. The van der Waals surface area contributed by atoms with Gasteiger partial charge in [0.15, 0.2) is 0 Å². The van der Waals surface area contributed by atoms with Crippen molar-refractivity contribution < 1.29 is 20.1 Å². The number of nitrogens with zero attached hydrogens (tertiary/aromatic N) is 1. The number of amides is 1. The molecule has 4 N–H and O–H groups in total. The topological polar surface area (TPSA) is 93.0 Å². The van der Waals surface area contributed by atoms with Crippen molar-refractivity contribution in [1.82, 2.24) is 10.2 Å². The number of rotatable bonds is 9. The van der Waals surface area contributed by atoms with Crippen LogP contribution in [0.2, 0.25) is 0 Å². The SMILES string of the molecule is CC(C)(C)N(C(=O)O)[C@@H](Cc1ccccc1)[C@H](O)CNCC(O)c1ccccc1. The molecule has 1 unspecified atom stereocenters. The maximum Gasteiger partial charge on any atom is 0.408 e. The van der Waals surface area contributed by atoms with Crippen LogP contribution in [0.25, 0.3) is 0 Å². The van der Waals surface area contributed by atoms with E-state index in [0.717, 1.165) is 11.1 Å². The first-order chi connectivity index (χ1) is 13.7. The molecule has 0 aliphatic carbocycles. The molecule has 0 radical (unpaired) electrons. The van der Waals surface area contributed by atoms with Gasteiger partial charge in [0.2, 0.25) is 0 Å². The average Bonchev–Trinajstić information content (AvgIpc) is 2.67. The van der Waals surface area contributed by atoms with Crippen LogP contribution < -0.4 is 5.32 Å². The fraction of sp³-hybridized carbons (Fsp3) is 0.435. The van der Waals surface area contributed by atoms with Crippen molar-refractivity contribution in [1.29, 1.82) is 0 Å². The summed E-state index contributed by atoms with van der Waals surface area (Å²) < 4.78 is 0. The van der Waals surface area contributed by atoms with Crippen LogP contribution in [0.1, 0.15) is 38.0 Å². The van der Waals surface area contributed by atoms with Gasteiger partial charge in [-0.3, -0.25) is 4.90 Å². The summed E-state index contributed by atoms with van der Waals surface area (Å²) in [4.78, 5) is 13.3. The molecule has 2 rings (SSSR count). The zero-order valence-corrected chi connectivity index (χ0v) is 17.3. The minimum absolute atomic E-state index is 0.168. The van der Waals surface area contributed by atoms with Crippen LogP contribution in [-0.4, -0.2) is 57.1 Å². The maximum absolute atomic E-state index is 12.0. The lowest BCUT2D eigenvalue weighted by atomic mass is 9.94. The summed E-state index contributed by atoms with van der Waals surface area (Å²) in [5.74, 6) is 0. The third-order valence-corrected chi connectivity index (χ3v) is 4.87. The number of carbonyl (C=O) groups is 1. The van der Waals surface area contributed by atoms with Crippen molar-refractivity contribution in [3.8, 4) is 0 Å². The highest BCUT2D eigenvalue weighted by Gasteiger charge is 2.37. The third-order valence-electron chi connectivity index (χ3n) is 4.87. The average molecular weight is 401 g/mol. The Kier molecular flexibility index (Phi) is 8.20. The molecule has 0 spiro atoms. The van der Waals surface area contributed by atoms with Crippen LogP contribution in [0, 0.1) is 0 Å². The molecule has 29 heavy (non-hydrogen) atoms. The van der Waals surface area contributed by atoms with Crippen molar-refractivity contribution in [3.05, 3.63) is 71.8 Å². The zero-order valence-electron chi connectivity index (χ0n) is 17.3. The largest absolute Gasteiger partial charge is 0.465 e. The first kappa shape index (κ1) is 22.9. The van der Waals surface area contributed by atoms with Gasteiger partial charge in [-0.15, -0.1) is 0 Å². The highest BCUT2D eigenvalue weighted by molar-refractivity contribution is 5.66. The molecule has 2 aromatic rings. The Hall–Kier alpha value is -2.41. The molecule has 0 aliphatic heterocycles. The molecular formula is C23H32N2O4. The zero-order chi connectivity index (χ0) is 21.4. The standard InChI is InChI=1S/C23H32N2O4/c1-23(2,3)25(22(28)29)19(14-17-10-6-4-7-11-17)21(27)16-24-15-20(26)18-12-8-5-9-13-18/h4-13,19-21,24,26-27H,14-16H2,1-3H3,(H,28,29)/t19-,20?,21+/m0/s1. The Bertz CT molecular complexity index is 746. The molecule has 0 aromatic heterocycles. The van der Waals surface area contributed by atoms with Crippen LogP contribution in [0.15, 0.2) is 60.7 Å². The quantitative estimate of drug-likeness (QED) is 0.519. The molecule has 2 aromatic carbocycles. The Morgan fingerprint density at radius 3 is 2.03 bits per heavy atom. The molecule has 0 saturated carbocycles. The lowest BCUT2D eigenvalue weighted by Gasteiger charge is -2.42. The van der Waals surface area contributed by atoms with Crippen LogP contribution in [0.5, 0.6) is 0 Å². The van der Waals surface area contributed by atoms with Crippen LogP contribution in [0.3, 0.4) is 0 Å². The van der Waals surface area contributed by atoms with Gasteiger partial charge in [0, 0.05) is 18.6 Å². The van der Waals surface area contributed by atoms with E-state index in [9.17, 15) is 20.1 Å². The Morgan fingerprint density at radius 1 is 0.966 bits per heavy atom. The molecule has 6 heteroatoms. The number of benzene rings is 2. The van der Waals surface area contributed by atoms with E-state index in [4.69, 9.17) is 0 Å². The van der Waals surface area contributed by atoms with Crippen molar-refractivity contribution in [2.75, 3.05) is 13.1 Å². The van der Waals surface area contributed by atoms with Gasteiger partial charge < -0.3 is 20.6 Å². The Labute approximate surface area is 172 Å². The van der Waals surface area contributed by atoms with Crippen LogP contribution in [0.4, 0.5) is 4.79 Å². The molecule has 0 bridgehead atoms. The van der Waals surface area contributed by atoms with Gasteiger partial charge in [-0.1, -0.05) is 60.7 Å². The first-order valence-electron chi connectivity index (χ1n) is 9.88. The van der Waals surface area contributed by atoms with E-state index in [2.05, 4.69) is 5.32 Å². The molecule has 3 atom stereocenters. The molecule has 0 fully saturated rings. The van der Waals surface area contributed by atoms with Gasteiger partial charge >= 0.3 is 6.09 Å². The van der Waals surface area contributed by atoms with Crippen LogP contribution in [-0.2, 0) is 6.42 Å². The van der Waals surface area contributed by atoms with Gasteiger partial charge in [-0.2, -0.15) is 0 Å². The van der Waals surface area contributed by atoms with Crippen LogP contribution >= 0.6 is 0 Å². The van der Waals surface area contributed by atoms with Gasteiger partial charge in [0.1, 0.15) is 0 Å². The third kappa shape index (κ3) is 6.85. The number of carboxylic acid groups (broad SMARTS) is 1. The summed E-state index contributed by atoms with van der Waals surface area (Å²) in [6, 6.07) is 18.2. The van der Waals surface area contributed by atoms with E-state index in [1.807, 2.05) is 81.4 Å².